The number of aryl methyl sites for hydroxylation is 1. The van der Waals surface area contributed by atoms with E-state index < -0.39 is 12.9 Å². The molecule has 1 saturated carbocycles. The zero-order chi connectivity index (χ0) is 24.5. The molecule has 0 bridgehead atoms. The van der Waals surface area contributed by atoms with Gasteiger partial charge in [0.05, 0.1) is 24.0 Å². The molecule has 0 aliphatic heterocycles. The van der Waals surface area contributed by atoms with Gasteiger partial charge in [-0.25, -0.2) is 9.67 Å². The third-order valence-electron chi connectivity index (χ3n) is 4.76. The Balaban J connectivity index is 1.73. The summed E-state index contributed by atoms with van der Waals surface area (Å²) in [6.45, 7) is -2.72. The number of rotatable bonds is 7. The molecular weight excluding hydrogens is 400 g/mol. The number of para-hydroxylation sites is 1. The summed E-state index contributed by atoms with van der Waals surface area (Å²) < 4.78 is 29.2. The van der Waals surface area contributed by atoms with E-state index in [1.165, 1.54) is 19.5 Å². The average Bonchev–Trinajstić information content (AvgIpc) is 3.54. The van der Waals surface area contributed by atoms with Crippen LogP contribution < -0.4 is 20.7 Å². The number of benzene rings is 1. The molecule has 11 heteroatoms. The number of carbonyl (C=O) groups is 2. The Hall–Kier alpha value is -4.02. The van der Waals surface area contributed by atoms with Gasteiger partial charge in [0.25, 0.3) is 5.91 Å². The van der Waals surface area contributed by atoms with Crippen LogP contribution in [0.5, 0.6) is 5.75 Å². The maximum atomic E-state index is 12.6. The number of nitrogens with one attached hydrogen (secondary N) is 3. The van der Waals surface area contributed by atoms with Crippen LogP contribution in [0.1, 0.15) is 27.4 Å². The van der Waals surface area contributed by atoms with Crippen LogP contribution in [0.2, 0.25) is 0 Å². The number of amides is 2. The smallest absolute Gasteiger partial charge is 0.273 e. The van der Waals surface area contributed by atoms with Crippen molar-refractivity contribution in [2.45, 2.75) is 12.8 Å². The van der Waals surface area contributed by atoms with Crippen LogP contribution in [0.3, 0.4) is 0 Å². The second-order valence-electron chi connectivity index (χ2n) is 6.93. The summed E-state index contributed by atoms with van der Waals surface area (Å²) >= 11 is 0. The highest BCUT2D eigenvalue weighted by Gasteiger charge is 2.30. The number of ether oxygens (including phenoxy) is 1. The molecule has 1 aliphatic carbocycles. The van der Waals surface area contributed by atoms with Crippen molar-refractivity contribution in [3.05, 3.63) is 36.3 Å². The monoisotopic (exact) mass is 425 g/mol. The molecule has 0 radical (unpaired) electrons. The lowest BCUT2D eigenvalue weighted by atomic mass is 10.1. The van der Waals surface area contributed by atoms with Crippen molar-refractivity contribution < 1.29 is 18.4 Å². The van der Waals surface area contributed by atoms with E-state index in [0.29, 0.717) is 22.8 Å². The first-order valence-corrected chi connectivity index (χ1v) is 9.46. The quantitative estimate of drug-likeness (QED) is 0.521. The van der Waals surface area contributed by atoms with Crippen LogP contribution in [-0.4, -0.2) is 50.9 Å². The minimum atomic E-state index is -2.72. The van der Waals surface area contributed by atoms with Crippen molar-refractivity contribution in [3.8, 4) is 17.1 Å². The lowest BCUT2D eigenvalue weighted by Crippen LogP contribution is -2.22. The number of anilines is 3. The second-order valence-corrected chi connectivity index (χ2v) is 6.93. The van der Waals surface area contributed by atoms with Gasteiger partial charge in [-0.2, -0.15) is 5.10 Å². The van der Waals surface area contributed by atoms with Gasteiger partial charge < -0.3 is 20.7 Å². The predicted molar refractivity (Wildman–Crippen MR) is 113 cm³/mol. The normalized spacial score (nSPS) is 14.7. The van der Waals surface area contributed by atoms with Gasteiger partial charge in [-0.15, -0.1) is 10.2 Å². The summed E-state index contributed by atoms with van der Waals surface area (Å²) in [5.74, 6) is -0.152. The van der Waals surface area contributed by atoms with E-state index in [9.17, 15) is 9.59 Å². The fourth-order valence-electron chi connectivity index (χ4n) is 3.07. The van der Waals surface area contributed by atoms with Crippen molar-refractivity contribution in [3.63, 3.8) is 0 Å². The molecule has 31 heavy (non-hydrogen) atoms. The molecule has 0 atom stereocenters. The number of aromatic nitrogens is 5. The van der Waals surface area contributed by atoms with Crippen LogP contribution in [0, 0.1) is 5.92 Å². The largest absolute Gasteiger partial charge is 0.494 e. The molecule has 160 valence electrons. The Bertz CT molecular complexity index is 1240. The van der Waals surface area contributed by atoms with E-state index in [1.54, 1.807) is 29.9 Å². The van der Waals surface area contributed by atoms with Crippen molar-refractivity contribution in [2.24, 2.45) is 13.0 Å². The Morgan fingerprint density at radius 2 is 2.10 bits per heavy atom. The van der Waals surface area contributed by atoms with Crippen LogP contribution in [0.15, 0.2) is 30.6 Å². The molecule has 0 spiro atoms. The summed E-state index contributed by atoms with van der Waals surface area (Å²) in [5, 5.41) is 19.5. The van der Waals surface area contributed by atoms with E-state index in [1.807, 2.05) is 5.32 Å². The van der Waals surface area contributed by atoms with Gasteiger partial charge in [0.1, 0.15) is 6.33 Å². The molecule has 3 N–H and O–H groups in total. The lowest BCUT2D eigenvalue weighted by molar-refractivity contribution is -0.117. The molecule has 0 unspecified atom stereocenters. The summed E-state index contributed by atoms with van der Waals surface area (Å²) in [6.07, 6.45) is 3.01. The molecule has 1 aliphatic rings. The van der Waals surface area contributed by atoms with E-state index in [0.717, 1.165) is 12.8 Å². The molecule has 11 nitrogen and oxygen atoms in total. The number of hydrogen-bond donors (Lipinski definition) is 3. The topological polar surface area (TPSA) is 136 Å². The van der Waals surface area contributed by atoms with Gasteiger partial charge in [0.15, 0.2) is 23.1 Å². The summed E-state index contributed by atoms with van der Waals surface area (Å²) in [5.41, 5.74) is 0.923. The summed E-state index contributed by atoms with van der Waals surface area (Å²) in [6, 6.07) is 6.66. The van der Waals surface area contributed by atoms with Gasteiger partial charge in [-0.05, 0) is 25.0 Å². The third-order valence-corrected chi connectivity index (χ3v) is 4.76. The van der Waals surface area contributed by atoms with Crippen LogP contribution in [0.4, 0.5) is 17.2 Å². The molecule has 0 saturated heterocycles. The maximum absolute atomic E-state index is 12.6. The van der Waals surface area contributed by atoms with Gasteiger partial charge >= 0.3 is 0 Å². The molecule has 2 heterocycles. The fraction of sp³-hybridized carbons (Fsp3) is 0.300. The molecule has 2 amide bonds. The van der Waals surface area contributed by atoms with E-state index in [2.05, 4.69) is 30.9 Å². The van der Waals surface area contributed by atoms with Gasteiger partial charge in [0, 0.05) is 30.1 Å². The molecule has 4 rings (SSSR count). The Kier molecular flexibility index (Phi) is 4.53. The Morgan fingerprint density at radius 1 is 1.26 bits per heavy atom. The van der Waals surface area contributed by atoms with E-state index >= 15 is 0 Å². The molecular formula is C20H22N8O3. The number of methoxy groups -OCH3 is 1. The zero-order valence-electron chi connectivity index (χ0n) is 19.8. The number of carbonyl (C=O) groups excluding carboxylic acids is 2. The third kappa shape index (κ3) is 4.15. The van der Waals surface area contributed by atoms with Crippen molar-refractivity contribution in [1.82, 2.24) is 30.3 Å². The van der Waals surface area contributed by atoms with Crippen LogP contribution >= 0.6 is 0 Å². The Labute approximate surface area is 182 Å². The first kappa shape index (κ1) is 16.7. The SMILES string of the molecule is [2H]C([2H])([2H])NC(=O)c1nnc(NC(=O)C2CC2)cc1Nc1cccc(-c2ncnn2C)c1OC. The van der Waals surface area contributed by atoms with Crippen LogP contribution in [-0.2, 0) is 11.8 Å². The maximum Gasteiger partial charge on any atom is 0.273 e. The van der Waals surface area contributed by atoms with Crippen molar-refractivity contribution >= 4 is 29.0 Å². The van der Waals surface area contributed by atoms with Crippen molar-refractivity contribution in [1.29, 1.82) is 0 Å². The predicted octanol–water partition coefficient (Wildman–Crippen LogP) is 1.73. The lowest BCUT2D eigenvalue weighted by Gasteiger charge is -2.16. The highest BCUT2D eigenvalue weighted by atomic mass is 16.5. The van der Waals surface area contributed by atoms with Crippen LogP contribution in [0.25, 0.3) is 11.4 Å². The van der Waals surface area contributed by atoms with Gasteiger partial charge in [-0.3, -0.25) is 9.59 Å². The van der Waals surface area contributed by atoms with E-state index in [4.69, 9.17) is 8.85 Å². The molecule has 1 fully saturated rings. The number of hydrogen-bond acceptors (Lipinski definition) is 8. The highest BCUT2D eigenvalue weighted by Crippen LogP contribution is 2.37. The van der Waals surface area contributed by atoms with Gasteiger partial charge in [-0.1, -0.05) is 6.07 Å². The highest BCUT2D eigenvalue weighted by molar-refractivity contribution is 6.00. The standard InChI is InChI=1S/C20H22N8O3/c1-21-20(30)16-14(9-15(26-27-16)25-19(29)11-7-8-11)24-13-6-4-5-12(17(13)31-3)18-22-10-23-28(18)2/h4-6,9-11H,7-8H2,1-3H3,(H,21,30)(H2,24,25,26,29)/i1D3. The number of nitrogens with zero attached hydrogens (tertiary/aromatic N) is 5. The molecule has 2 aromatic heterocycles. The van der Waals surface area contributed by atoms with Crippen molar-refractivity contribution in [2.75, 3.05) is 24.7 Å². The Morgan fingerprint density at radius 3 is 2.77 bits per heavy atom. The molecule has 3 aromatic rings. The summed E-state index contributed by atoms with van der Waals surface area (Å²) in [7, 11) is 3.22. The fourth-order valence-corrected chi connectivity index (χ4v) is 3.07. The second kappa shape index (κ2) is 8.38. The zero-order valence-corrected chi connectivity index (χ0v) is 16.8. The van der Waals surface area contributed by atoms with E-state index in [-0.39, 0.29) is 29.0 Å². The first-order valence-electron chi connectivity index (χ1n) is 11.0. The minimum absolute atomic E-state index is 0.0695. The minimum Gasteiger partial charge on any atom is -0.494 e. The first-order chi connectivity index (χ1) is 16.2. The average molecular weight is 425 g/mol. The van der Waals surface area contributed by atoms with Gasteiger partial charge in [0.2, 0.25) is 5.91 Å². The molecule has 1 aromatic carbocycles. The summed E-state index contributed by atoms with van der Waals surface area (Å²) in [4.78, 5) is 29.0.